The van der Waals surface area contributed by atoms with Gasteiger partial charge in [0, 0.05) is 10.8 Å². The summed E-state index contributed by atoms with van der Waals surface area (Å²) in [6.45, 7) is 0. The van der Waals surface area contributed by atoms with E-state index in [4.69, 9.17) is 11.5 Å². The number of hydrogen-bond acceptors (Lipinski definition) is 10. The molecule has 0 aliphatic carbocycles. The van der Waals surface area contributed by atoms with Crippen LogP contribution in [0.15, 0.2) is 118 Å². The number of nitrogens with zero attached hydrogens (tertiary/aromatic N) is 4. The van der Waals surface area contributed by atoms with Gasteiger partial charge in [-0.05, 0) is 58.3 Å². The number of aromatic carboxylic acids is 2. The number of alkyl halides is 6. The number of hydrogen-bond donors (Lipinski definition) is 4. The van der Waals surface area contributed by atoms with Gasteiger partial charge >= 0.3 is 24.7 Å². The first-order chi connectivity index (χ1) is 25.5. The van der Waals surface area contributed by atoms with Crippen LogP contribution in [0.5, 0.6) is 11.5 Å². The van der Waals surface area contributed by atoms with E-state index in [9.17, 15) is 46.1 Å². The number of anilines is 2. The molecule has 54 heavy (non-hydrogen) atoms. The zero-order chi connectivity index (χ0) is 38.9. The van der Waals surface area contributed by atoms with Crippen molar-refractivity contribution < 1.29 is 55.6 Å². The Balaban J connectivity index is 1.40. The van der Waals surface area contributed by atoms with Gasteiger partial charge in [-0.2, -0.15) is 0 Å². The first-order valence-electron chi connectivity index (χ1n) is 15.2. The molecule has 0 radical (unpaired) electrons. The molecule has 0 aromatic heterocycles. The standard InChI is InChI=1S/C36H22F6N6O6/c37-35(38,39)53-29-13-17(9-11-25(29)45-47-27-15-23(33(49)50)19-5-1-3-7-21(19)31(27)43)18-10-12-26(30(14-18)54-36(40,41)42)46-48-28-16-24(34(51)52)20-6-2-4-8-22(20)32(28)44/h1-16H,43-44H2,(H,49,50)(H,51,52). The minimum Gasteiger partial charge on any atom is -0.478 e. The van der Waals surface area contributed by atoms with Crippen LogP contribution >= 0.6 is 0 Å². The monoisotopic (exact) mass is 748 g/mol. The molecular weight excluding hydrogens is 726 g/mol. The van der Waals surface area contributed by atoms with Gasteiger partial charge in [0.1, 0.15) is 22.7 Å². The van der Waals surface area contributed by atoms with E-state index >= 15 is 0 Å². The summed E-state index contributed by atoms with van der Waals surface area (Å²) in [5.41, 5.74) is 10.4. The predicted octanol–water partition coefficient (Wildman–Crippen LogP) is 10.8. The van der Waals surface area contributed by atoms with Crippen LogP contribution in [-0.4, -0.2) is 34.9 Å². The maximum absolute atomic E-state index is 13.5. The summed E-state index contributed by atoms with van der Waals surface area (Å²) < 4.78 is 89.4. The van der Waals surface area contributed by atoms with Crippen LogP contribution in [0.25, 0.3) is 32.7 Å². The van der Waals surface area contributed by atoms with Crippen molar-refractivity contribution in [3.8, 4) is 22.6 Å². The predicted molar refractivity (Wildman–Crippen MR) is 184 cm³/mol. The molecule has 0 amide bonds. The molecule has 0 saturated carbocycles. The largest absolute Gasteiger partial charge is 0.573 e. The van der Waals surface area contributed by atoms with Crippen molar-refractivity contribution in [2.24, 2.45) is 20.5 Å². The summed E-state index contributed by atoms with van der Waals surface area (Å²) in [6.07, 6.45) is -10.5. The van der Waals surface area contributed by atoms with Crippen molar-refractivity contribution in [1.29, 1.82) is 0 Å². The van der Waals surface area contributed by atoms with E-state index in [1.165, 1.54) is 36.4 Å². The normalized spacial score (nSPS) is 12.2. The Morgan fingerprint density at radius 3 is 1.17 bits per heavy atom. The molecule has 0 atom stereocenters. The Hall–Kier alpha value is -7.24. The number of carbonyl (C=O) groups is 2. The molecule has 12 nitrogen and oxygen atoms in total. The molecule has 0 fully saturated rings. The maximum atomic E-state index is 13.5. The first-order valence-corrected chi connectivity index (χ1v) is 15.2. The lowest BCUT2D eigenvalue weighted by Gasteiger charge is -2.15. The van der Waals surface area contributed by atoms with Crippen LogP contribution in [0.3, 0.4) is 0 Å². The molecule has 0 aliphatic heterocycles. The maximum Gasteiger partial charge on any atom is 0.573 e. The fourth-order valence-electron chi connectivity index (χ4n) is 5.47. The highest BCUT2D eigenvalue weighted by Crippen LogP contribution is 2.43. The number of rotatable bonds is 9. The second-order valence-corrected chi connectivity index (χ2v) is 11.3. The minimum atomic E-state index is -5.25. The first kappa shape index (κ1) is 36.5. The summed E-state index contributed by atoms with van der Waals surface area (Å²) in [5.74, 6) is -4.46. The molecule has 0 aliphatic rings. The second-order valence-electron chi connectivity index (χ2n) is 11.3. The number of azo groups is 2. The van der Waals surface area contributed by atoms with Crippen LogP contribution in [0.1, 0.15) is 20.7 Å². The van der Waals surface area contributed by atoms with Crippen molar-refractivity contribution in [3.63, 3.8) is 0 Å². The molecule has 0 bridgehead atoms. The summed E-state index contributed by atoms with van der Waals surface area (Å²) in [5, 5.41) is 36.0. The Labute approximate surface area is 298 Å². The number of halogens is 6. The minimum absolute atomic E-state index is 0.00526. The fraction of sp³-hybridized carbons (Fsp3) is 0.0556. The van der Waals surface area contributed by atoms with E-state index in [-0.39, 0.29) is 45.0 Å². The smallest absolute Gasteiger partial charge is 0.478 e. The number of nitrogen functional groups attached to an aromatic ring is 2. The van der Waals surface area contributed by atoms with E-state index in [1.54, 1.807) is 24.3 Å². The molecule has 6 N–H and O–H groups in total. The third-order valence-electron chi connectivity index (χ3n) is 7.82. The third kappa shape index (κ3) is 7.81. The second kappa shape index (κ2) is 14.1. The van der Waals surface area contributed by atoms with E-state index in [2.05, 4.69) is 29.9 Å². The van der Waals surface area contributed by atoms with Gasteiger partial charge in [0.2, 0.25) is 0 Å². The van der Waals surface area contributed by atoms with Crippen molar-refractivity contribution >= 4 is 67.6 Å². The van der Waals surface area contributed by atoms with Crippen LogP contribution in [-0.2, 0) is 0 Å². The van der Waals surface area contributed by atoms with Gasteiger partial charge < -0.3 is 31.2 Å². The zero-order valence-electron chi connectivity index (χ0n) is 27.0. The van der Waals surface area contributed by atoms with E-state index in [0.717, 1.165) is 36.4 Å². The summed E-state index contributed by atoms with van der Waals surface area (Å²) in [6, 6.07) is 20.8. The molecule has 0 unspecified atom stereocenters. The van der Waals surface area contributed by atoms with Crippen LogP contribution in [0.4, 0.5) is 60.5 Å². The van der Waals surface area contributed by atoms with Gasteiger partial charge in [0.05, 0.1) is 22.5 Å². The van der Waals surface area contributed by atoms with E-state index < -0.39 is 47.5 Å². The van der Waals surface area contributed by atoms with Crippen LogP contribution in [0, 0.1) is 0 Å². The molecular formula is C36H22F6N6O6. The SMILES string of the molecule is Nc1c(N=Nc2ccc(-c3ccc(N=Nc4cc(C(=O)O)c5ccccc5c4N)c(OC(F)(F)F)c3)cc2OC(F)(F)F)cc(C(=O)O)c2ccccc12. The van der Waals surface area contributed by atoms with Crippen LogP contribution < -0.4 is 20.9 Å². The Morgan fingerprint density at radius 2 is 0.833 bits per heavy atom. The highest BCUT2D eigenvalue weighted by Gasteiger charge is 2.34. The molecule has 6 aromatic rings. The number of carboxylic acids is 2. The number of nitrogens with two attached hydrogens (primary N) is 2. The lowest BCUT2D eigenvalue weighted by atomic mass is 10.0. The number of benzene rings is 6. The number of ether oxygens (including phenoxy) is 2. The van der Waals surface area contributed by atoms with Crippen LogP contribution in [0.2, 0.25) is 0 Å². The van der Waals surface area contributed by atoms with Gasteiger partial charge in [-0.1, -0.05) is 60.7 Å². The van der Waals surface area contributed by atoms with Crippen molar-refractivity contribution in [1.82, 2.24) is 0 Å². The summed E-state index contributed by atoms with van der Waals surface area (Å²) in [4.78, 5) is 23.8. The van der Waals surface area contributed by atoms with Gasteiger partial charge in [-0.25, -0.2) is 9.59 Å². The van der Waals surface area contributed by atoms with Crippen molar-refractivity contribution in [2.45, 2.75) is 12.7 Å². The Morgan fingerprint density at radius 1 is 0.500 bits per heavy atom. The molecule has 6 aromatic carbocycles. The number of fused-ring (bicyclic) bond motifs is 2. The average molecular weight is 749 g/mol. The lowest BCUT2D eigenvalue weighted by molar-refractivity contribution is -0.275. The lowest BCUT2D eigenvalue weighted by Crippen LogP contribution is -2.17. The highest BCUT2D eigenvalue weighted by atomic mass is 19.4. The van der Waals surface area contributed by atoms with Gasteiger partial charge in [-0.3, -0.25) is 0 Å². The highest BCUT2D eigenvalue weighted by molar-refractivity contribution is 6.11. The van der Waals surface area contributed by atoms with Gasteiger partial charge in [-0.15, -0.1) is 46.8 Å². The van der Waals surface area contributed by atoms with Gasteiger partial charge in [0.25, 0.3) is 0 Å². The quantitative estimate of drug-likeness (QED) is 0.0636. The van der Waals surface area contributed by atoms with Crippen molar-refractivity contribution in [2.75, 3.05) is 11.5 Å². The van der Waals surface area contributed by atoms with E-state index in [1.807, 2.05) is 0 Å². The third-order valence-corrected chi connectivity index (χ3v) is 7.82. The summed E-state index contributed by atoms with van der Waals surface area (Å²) >= 11 is 0. The molecule has 6 rings (SSSR count). The summed E-state index contributed by atoms with van der Waals surface area (Å²) in [7, 11) is 0. The fourth-order valence-corrected chi connectivity index (χ4v) is 5.47. The van der Waals surface area contributed by atoms with Gasteiger partial charge in [0.15, 0.2) is 11.5 Å². The molecule has 274 valence electrons. The topological polar surface area (TPSA) is 195 Å². The Kier molecular flexibility index (Phi) is 9.51. The zero-order valence-corrected chi connectivity index (χ0v) is 27.0. The molecule has 0 saturated heterocycles. The van der Waals surface area contributed by atoms with Crippen molar-refractivity contribution in [3.05, 3.63) is 108 Å². The molecule has 18 heteroatoms. The average Bonchev–Trinajstić information content (AvgIpc) is 3.10. The Bertz CT molecular complexity index is 2360. The van der Waals surface area contributed by atoms with E-state index in [0.29, 0.717) is 21.5 Å². The molecule has 0 heterocycles. The number of carboxylic acid groups (broad SMARTS) is 2. The molecule has 0 spiro atoms.